The third-order valence-electron chi connectivity index (χ3n) is 9.49. The lowest BCUT2D eigenvalue weighted by molar-refractivity contribution is -0.0893. The fraction of sp³-hybridized carbons (Fsp3) is 0.500. The summed E-state index contributed by atoms with van der Waals surface area (Å²) in [6, 6.07) is 14.7. The van der Waals surface area contributed by atoms with Gasteiger partial charge < -0.3 is 29.9 Å². The fourth-order valence-corrected chi connectivity index (χ4v) is 6.89. The van der Waals surface area contributed by atoms with Crippen molar-refractivity contribution < 1.29 is 14.3 Å². The molecule has 11 heteroatoms. The third kappa shape index (κ3) is 4.84. The normalized spacial score (nSPS) is 27.7. The molecule has 0 bridgehead atoms. The van der Waals surface area contributed by atoms with Gasteiger partial charge >= 0.3 is 6.09 Å². The number of amides is 1. The molecule has 0 spiro atoms. The van der Waals surface area contributed by atoms with Crippen molar-refractivity contribution in [3.63, 3.8) is 0 Å². The van der Waals surface area contributed by atoms with Crippen LogP contribution in [0.15, 0.2) is 48.7 Å². The number of ether oxygens (including phenoxy) is 2. The molecule has 43 heavy (non-hydrogen) atoms. The van der Waals surface area contributed by atoms with Gasteiger partial charge in [-0.05, 0) is 77.1 Å². The number of rotatable bonds is 6. The van der Waals surface area contributed by atoms with Crippen LogP contribution in [0.2, 0.25) is 0 Å². The zero-order chi connectivity index (χ0) is 29.9. The first kappa shape index (κ1) is 27.8. The molecule has 1 aromatic carbocycles. The maximum absolute atomic E-state index is 12.5. The molecular formula is C32H40N8O3. The Balaban J connectivity index is 1.22. The highest BCUT2D eigenvalue weighted by atomic mass is 16.6. The quantitative estimate of drug-likeness (QED) is 0.422. The van der Waals surface area contributed by atoms with E-state index in [0.29, 0.717) is 31.0 Å². The van der Waals surface area contributed by atoms with Crippen LogP contribution in [0, 0.1) is 0 Å². The lowest BCUT2D eigenvalue weighted by atomic mass is 9.73. The summed E-state index contributed by atoms with van der Waals surface area (Å²) in [5, 5.41) is 6.80. The molecule has 11 nitrogen and oxygen atoms in total. The number of nitrogens with one attached hydrogen (secondary N) is 2. The van der Waals surface area contributed by atoms with E-state index in [1.807, 2.05) is 38.4 Å². The van der Waals surface area contributed by atoms with Crippen LogP contribution in [0.4, 0.5) is 39.6 Å². The minimum Gasteiger partial charge on any atom is -0.447 e. The van der Waals surface area contributed by atoms with E-state index in [1.165, 1.54) is 5.69 Å². The number of fused-ring (bicyclic) bond motifs is 3. The van der Waals surface area contributed by atoms with Gasteiger partial charge in [-0.1, -0.05) is 13.0 Å². The molecular weight excluding hydrogens is 544 g/mol. The summed E-state index contributed by atoms with van der Waals surface area (Å²) < 4.78 is 11.6. The van der Waals surface area contributed by atoms with Gasteiger partial charge in [0.05, 0.1) is 24.3 Å². The predicted molar refractivity (Wildman–Crippen MR) is 167 cm³/mol. The van der Waals surface area contributed by atoms with Gasteiger partial charge in [0.15, 0.2) is 0 Å². The van der Waals surface area contributed by atoms with Gasteiger partial charge in [-0.3, -0.25) is 4.90 Å². The number of benzene rings is 1. The van der Waals surface area contributed by atoms with Gasteiger partial charge in [-0.15, -0.1) is 0 Å². The summed E-state index contributed by atoms with van der Waals surface area (Å²) in [7, 11) is 2.03. The lowest BCUT2D eigenvalue weighted by Gasteiger charge is -2.46. The molecule has 0 unspecified atom stereocenters. The summed E-state index contributed by atoms with van der Waals surface area (Å²) >= 11 is 0. The van der Waals surface area contributed by atoms with E-state index in [1.54, 1.807) is 4.90 Å². The molecule has 3 fully saturated rings. The van der Waals surface area contributed by atoms with Crippen LogP contribution >= 0.6 is 0 Å². The Kier molecular flexibility index (Phi) is 6.70. The minimum atomic E-state index is -0.373. The molecule has 226 valence electrons. The first-order valence-corrected chi connectivity index (χ1v) is 15.2. The number of anilines is 6. The molecule has 3 aromatic rings. The average Bonchev–Trinajstić information content (AvgIpc) is 3.67. The van der Waals surface area contributed by atoms with Crippen LogP contribution in [0.3, 0.4) is 0 Å². The average molecular weight is 585 g/mol. The molecule has 0 saturated carbocycles. The minimum absolute atomic E-state index is 0.0442. The van der Waals surface area contributed by atoms with E-state index in [-0.39, 0.29) is 29.2 Å². The van der Waals surface area contributed by atoms with Crippen molar-refractivity contribution >= 4 is 40.9 Å². The van der Waals surface area contributed by atoms with Crippen molar-refractivity contribution in [2.75, 3.05) is 53.4 Å². The van der Waals surface area contributed by atoms with Crippen LogP contribution in [0.1, 0.15) is 46.1 Å². The van der Waals surface area contributed by atoms with Crippen LogP contribution in [0.25, 0.3) is 0 Å². The number of hydrogen-bond acceptors (Lipinski definition) is 10. The molecule has 7 rings (SSSR count). The first-order valence-electron chi connectivity index (χ1n) is 15.2. The maximum Gasteiger partial charge on any atom is 0.415 e. The number of hydrogen-bond donors (Lipinski definition) is 2. The summed E-state index contributed by atoms with van der Waals surface area (Å²) in [5.41, 5.74) is 2.53. The predicted octanol–water partition coefficient (Wildman–Crippen LogP) is 4.74. The first-order chi connectivity index (χ1) is 20.6. The highest BCUT2D eigenvalue weighted by molar-refractivity contribution is 5.89. The van der Waals surface area contributed by atoms with Crippen molar-refractivity contribution in [2.24, 2.45) is 0 Å². The van der Waals surface area contributed by atoms with Crippen molar-refractivity contribution in [3.8, 4) is 0 Å². The van der Waals surface area contributed by atoms with Gasteiger partial charge in [0.1, 0.15) is 24.1 Å². The van der Waals surface area contributed by atoms with Gasteiger partial charge in [0.25, 0.3) is 0 Å². The standard InChI is InChI=1S/C32H40N8O3/c1-20-18-42-30(41)39(20)26-7-6-8-27(36-26)40-25-15-31(2,3)43-19-32(25,4)24-16-34-29(37-28(24)40)35-21-9-11-23(12-10-21)38-14-13-22(17-38)33-5/h6-12,16,20,22,25,33H,13-15,17-19H2,1-5H3,(H,34,35,37)/t20-,22-,25+,32+/m0/s1. The van der Waals surface area contributed by atoms with Crippen LogP contribution in [0.5, 0.6) is 0 Å². The SMILES string of the molecule is CN[C@H]1CCN(c2ccc(Nc3ncc4c(n3)N(c3cccc(N5C(=O)OC[C@@H]5C)n3)[C@@H]3CC(C)(C)OC[C@]43C)cc2)C1. The molecule has 4 aliphatic heterocycles. The van der Waals surface area contributed by atoms with Crippen molar-refractivity contribution in [1.82, 2.24) is 20.3 Å². The lowest BCUT2D eigenvalue weighted by Crippen LogP contribution is -2.54. The zero-order valence-corrected chi connectivity index (χ0v) is 25.5. The summed E-state index contributed by atoms with van der Waals surface area (Å²) in [5.74, 6) is 2.63. The Morgan fingerprint density at radius 1 is 1.02 bits per heavy atom. The summed E-state index contributed by atoms with van der Waals surface area (Å²) in [6.45, 7) is 11.4. The van der Waals surface area contributed by atoms with E-state index in [4.69, 9.17) is 24.4 Å². The topological polar surface area (TPSA) is 108 Å². The Hall–Kier alpha value is -3.96. The van der Waals surface area contributed by atoms with E-state index in [2.05, 4.69) is 65.5 Å². The van der Waals surface area contributed by atoms with E-state index in [9.17, 15) is 4.79 Å². The molecule has 1 amide bonds. The second-order valence-electron chi connectivity index (χ2n) is 13.0. The molecule has 0 aliphatic carbocycles. The molecule has 4 atom stereocenters. The molecule has 3 saturated heterocycles. The van der Waals surface area contributed by atoms with Gasteiger partial charge in [-0.2, -0.15) is 4.98 Å². The number of carbonyl (C=O) groups is 1. The summed E-state index contributed by atoms with van der Waals surface area (Å²) in [6.07, 6.45) is 3.49. The van der Waals surface area contributed by atoms with Crippen LogP contribution in [-0.2, 0) is 14.9 Å². The highest BCUT2D eigenvalue weighted by Crippen LogP contribution is 2.53. The number of pyridine rings is 1. The fourth-order valence-electron chi connectivity index (χ4n) is 6.89. The van der Waals surface area contributed by atoms with E-state index < -0.39 is 0 Å². The Bertz CT molecular complexity index is 1530. The molecule has 2 aromatic heterocycles. The number of likely N-dealkylation sites (N-methyl/N-ethyl adjacent to an activating group) is 1. The molecule has 6 heterocycles. The number of carbonyl (C=O) groups excluding carboxylic acids is 1. The number of cyclic esters (lactones) is 1. The Morgan fingerprint density at radius 3 is 2.49 bits per heavy atom. The molecule has 0 radical (unpaired) electrons. The van der Waals surface area contributed by atoms with Gasteiger partial charge in [0, 0.05) is 47.7 Å². The Labute approximate surface area is 252 Å². The molecule has 2 N–H and O–H groups in total. The summed E-state index contributed by atoms with van der Waals surface area (Å²) in [4.78, 5) is 33.6. The van der Waals surface area contributed by atoms with Crippen molar-refractivity contribution in [1.29, 1.82) is 0 Å². The van der Waals surface area contributed by atoms with Gasteiger partial charge in [0.2, 0.25) is 5.95 Å². The van der Waals surface area contributed by atoms with Crippen LogP contribution < -0.4 is 25.3 Å². The van der Waals surface area contributed by atoms with Crippen LogP contribution in [-0.4, -0.2) is 78.1 Å². The van der Waals surface area contributed by atoms with Gasteiger partial charge in [-0.25, -0.2) is 14.8 Å². The third-order valence-corrected chi connectivity index (χ3v) is 9.49. The van der Waals surface area contributed by atoms with Crippen molar-refractivity contribution in [2.45, 2.75) is 69.7 Å². The Morgan fingerprint density at radius 2 is 1.79 bits per heavy atom. The molecule has 4 aliphatic rings. The second kappa shape index (κ2) is 10.3. The number of nitrogens with zero attached hydrogens (tertiary/aromatic N) is 6. The van der Waals surface area contributed by atoms with E-state index in [0.717, 1.165) is 48.8 Å². The van der Waals surface area contributed by atoms with Crippen molar-refractivity contribution in [3.05, 3.63) is 54.2 Å². The highest BCUT2D eigenvalue weighted by Gasteiger charge is 2.55. The van der Waals surface area contributed by atoms with E-state index >= 15 is 0 Å². The number of aromatic nitrogens is 3. The second-order valence-corrected chi connectivity index (χ2v) is 13.0. The zero-order valence-electron chi connectivity index (χ0n) is 25.5. The largest absolute Gasteiger partial charge is 0.447 e. The maximum atomic E-state index is 12.5. The smallest absolute Gasteiger partial charge is 0.415 e. The monoisotopic (exact) mass is 584 g/mol.